The molecule has 10 heteroatoms. The lowest BCUT2D eigenvalue weighted by Gasteiger charge is -2.21. The number of aryl methyl sites for hydroxylation is 1. The van der Waals surface area contributed by atoms with Gasteiger partial charge in [0, 0.05) is 31.3 Å². The Labute approximate surface area is 244 Å². The number of rotatable bonds is 12. The molecule has 1 N–H and O–H groups in total. The second kappa shape index (κ2) is 13.8. The van der Waals surface area contributed by atoms with Crippen LogP contribution in [0.2, 0.25) is 5.15 Å². The molecule has 0 aliphatic heterocycles. The molecule has 2 aromatic carbocycles. The van der Waals surface area contributed by atoms with Gasteiger partial charge in [-0.2, -0.15) is 0 Å². The topological polar surface area (TPSA) is 104 Å². The summed E-state index contributed by atoms with van der Waals surface area (Å²) in [7, 11) is 2.62. The number of carbonyl (C=O) groups is 3. The van der Waals surface area contributed by atoms with Crippen molar-refractivity contribution in [3.05, 3.63) is 106 Å². The Morgan fingerprint density at radius 3 is 2.29 bits per heavy atom. The second-order valence-corrected chi connectivity index (χ2v) is 9.89. The van der Waals surface area contributed by atoms with Gasteiger partial charge in [-0.25, -0.2) is 14.6 Å². The molecule has 1 unspecified atom stereocenters. The maximum Gasteiger partial charge on any atom is 0.357 e. The summed E-state index contributed by atoms with van der Waals surface area (Å²) in [5.74, 6) is -0.630. The number of aromatic nitrogens is 3. The molecule has 1 amide bonds. The van der Waals surface area contributed by atoms with Crippen molar-refractivity contribution in [2.45, 2.75) is 45.2 Å². The maximum absolute atomic E-state index is 13.6. The highest BCUT2D eigenvalue weighted by molar-refractivity contribution is 6.32. The Kier molecular flexibility index (Phi) is 9.97. The largest absolute Gasteiger partial charge is 0.464 e. The zero-order valence-electron chi connectivity index (χ0n) is 23.3. The molecule has 1 atom stereocenters. The molecule has 0 saturated heterocycles. The van der Waals surface area contributed by atoms with Crippen LogP contribution in [-0.2, 0) is 33.7 Å². The van der Waals surface area contributed by atoms with Crippen LogP contribution in [0.5, 0.6) is 0 Å². The van der Waals surface area contributed by atoms with Crippen LogP contribution in [0, 0.1) is 0 Å². The average molecular weight is 577 g/mol. The summed E-state index contributed by atoms with van der Waals surface area (Å²) in [6, 6.07) is 19.6. The number of halogens is 1. The molecule has 41 heavy (non-hydrogen) atoms. The van der Waals surface area contributed by atoms with Gasteiger partial charge in [0.25, 0.3) is 0 Å². The summed E-state index contributed by atoms with van der Waals surface area (Å²) in [5.41, 5.74) is 2.94. The van der Waals surface area contributed by atoms with Crippen molar-refractivity contribution in [3.8, 4) is 0 Å². The number of hydrogen-bond acceptors (Lipinski definition) is 6. The third kappa shape index (κ3) is 7.05. The predicted molar refractivity (Wildman–Crippen MR) is 156 cm³/mol. The molecule has 0 bridgehead atoms. The fourth-order valence-electron chi connectivity index (χ4n) is 4.65. The van der Waals surface area contributed by atoms with Gasteiger partial charge in [0.2, 0.25) is 5.91 Å². The average Bonchev–Trinajstić information content (AvgIpc) is 3.59. The number of amides is 1. The van der Waals surface area contributed by atoms with E-state index in [1.165, 1.54) is 14.2 Å². The minimum atomic E-state index is -0.696. The van der Waals surface area contributed by atoms with Gasteiger partial charge in [0.05, 0.1) is 14.2 Å². The number of unbranched alkanes of at least 4 members (excludes halogenated alkanes) is 1. The number of nitrogens with one attached hydrogen (secondary N) is 1. The molecule has 0 radical (unpaired) electrons. The van der Waals surface area contributed by atoms with Gasteiger partial charge >= 0.3 is 11.9 Å². The molecule has 0 aliphatic carbocycles. The van der Waals surface area contributed by atoms with Crippen LogP contribution in [0.1, 0.15) is 63.7 Å². The van der Waals surface area contributed by atoms with Gasteiger partial charge in [-0.05, 0) is 41.8 Å². The van der Waals surface area contributed by atoms with Crippen LogP contribution < -0.4 is 5.32 Å². The normalized spacial score (nSPS) is 11.6. The number of carbonyl (C=O) groups excluding carboxylic acids is 3. The Morgan fingerprint density at radius 2 is 1.63 bits per heavy atom. The van der Waals surface area contributed by atoms with Crippen molar-refractivity contribution in [1.82, 2.24) is 14.1 Å². The Balaban J connectivity index is 1.56. The SMILES string of the molecule is CCCCc1nc(Cl)c(C(=O)OC)n1Cc1ccc(NC(=O)C(Cc2ccccc2)n2cccc2C(=O)OC)cc1. The Bertz CT molecular complexity index is 1490. The summed E-state index contributed by atoms with van der Waals surface area (Å²) in [6.45, 7) is 2.44. The zero-order chi connectivity index (χ0) is 29.4. The lowest BCUT2D eigenvalue weighted by Crippen LogP contribution is -2.29. The third-order valence-corrected chi connectivity index (χ3v) is 7.05. The molecule has 9 nitrogen and oxygen atoms in total. The first-order valence-corrected chi connectivity index (χ1v) is 13.8. The molecule has 0 spiro atoms. The lowest BCUT2D eigenvalue weighted by molar-refractivity contribution is -0.119. The minimum absolute atomic E-state index is 0.118. The van der Waals surface area contributed by atoms with E-state index in [-0.39, 0.29) is 16.8 Å². The van der Waals surface area contributed by atoms with E-state index < -0.39 is 18.0 Å². The summed E-state index contributed by atoms with van der Waals surface area (Å²) in [6.07, 6.45) is 4.64. The van der Waals surface area contributed by atoms with E-state index in [0.717, 1.165) is 24.0 Å². The summed E-state index contributed by atoms with van der Waals surface area (Å²) < 4.78 is 13.3. The number of benzene rings is 2. The van der Waals surface area contributed by atoms with E-state index in [4.69, 9.17) is 21.1 Å². The zero-order valence-corrected chi connectivity index (χ0v) is 24.1. The van der Waals surface area contributed by atoms with Crippen molar-refractivity contribution < 1.29 is 23.9 Å². The molecular formula is C31H33ClN4O5. The van der Waals surface area contributed by atoms with Gasteiger partial charge in [-0.3, -0.25) is 4.79 Å². The number of methoxy groups -OCH3 is 2. The first-order valence-electron chi connectivity index (χ1n) is 13.4. The second-order valence-electron chi connectivity index (χ2n) is 9.53. The molecular weight excluding hydrogens is 544 g/mol. The summed E-state index contributed by atoms with van der Waals surface area (Å²) in [4.78, 5) is 42.8. The molecule has 4 aromatic rings. The van der Waals surface area contributed by atoms with Crippen LogP contribution >= 0.6 is 11.6 Å². The van der Waals surface area contributed by atoms with Gasteiger partial charge in [0.15, 0.2) is 10.8 Å². The van der Waals surface area contributed by atoms with Crippen LogP contribution in [0.3, 0.4) is 0 Å². The summed E-state index contributed by atoms with van der Waals surface area (Å²) in [5, 5.41) is 3.10. The number of esters is 2. The van der Waals surface area contributed by atoms with E-state index in [1.54, 1.807) is 39.6 Å². The number of nitrogens with zero attached hydrogens (tertiary/aromatic N) is 3. The van der Waals surface area contributed by atoms with E-state index in [2.05, 4.69) is 17.2 Å². The predicted octanol–water partition coefficient (Wildman–Crippen LogP) is 5.72. The smallest absolute Gasteiger partial charge is 0.357 e. The van der Waals surface area contributed by atoms with Gasteiger partial charge < -0.3 is 23.9 Å². The van der Waals surface area contributed by atoms with Gasteiger partial charge in [-0.1, -0.05) is 67.4 Å². The van der Waals surface area contributed by atoms with E-state index in [0.29, 0.717) is 36.6 Å². The molecule has 4 rings (SSSR count). The highest BCUT2D eigenvalue weighted by Gasteiger charge is 2.26. The van der Waals surface area contributed by atoms with Crippen LogP contribution in [0.25, 0.3) is 0 Å². The highest BCUT2D eigenvalue weighted by Crippen LogP contribution is 2.24. The summed E-state index contributed by atoms with van der Waals surface area (Å²) >= 11 is 6.31. The third-order valence-electron chi connectivity index (χ3n) is 6.78. The minimum Gasteiger partial charge on any atom is -0.464 e. The van der Waals surface area contributed by atoms with E-state index in [1.807, 2.05) is 42.5 Å². The standard InChI is InChI=1S/C31H33ClN4O5/c1-4-5-13-26-34-28(32)27(31(39)41-3)36(26)20-22-14-16-23(17-15-22)33-29(37)25(19-21-10-7-6-8-11-21)35-18-9-12-24(35)30(38)40-2/h6-12,14-18,25H,4-5,13,19-20H2,1-3H3,(H,33,37). The van der Waals surface area contributed by atoms with E-state index in [9.17, 15) is 14.4 Å². The van der Waals surface area contributed by atoms with Crippen molar-refractivity contribution in [2.75, 3.05) is 19.5 Å². The first-order chi connectivity index (χ1) is 19.9. The van der Waals surface area contributed by atoms with Crippen LogP contribution in [0.4, 0.5) is 5.69 Å². The van der Waals surface area contributed by atoms with E-state index >= 15 is 0 Å². The van der Waals surface area contributed by atoms with Gasteiger partial charge in [-0.15, -0.1) is 0 Å². The number of ether oxygens (including phenoxy) is 2. The van der Waals surface area contributed by atoms with Crippen molar-refractivity contribution >= 4 is 35.1 Å². The molecule has 0 saturated carbocycles. The van der Waals surface area contributed by atoms with Crippen LogP contribution in [0.15, 0.2) is 72.9 Å². The highest BCUT2D eigenvalue weighted by atomic mass is 35.5. The molecule has 214 valence electrons. The fourth-order valence-corrected chi connectivity index (χ4v) is 4.93. The van der Waals surface area contributed by atoms with Gasteiger partial charge in [0.1, 0.15) is 17.6 Å². The first kappa shape index (κ1) is 29.6. The maximum atomic E-state index is 13.6. The molecule has 0 fully saturated rings. The molecule has 2 aromatic heterocycles. The quantitative estimate of drug-likeness (QED) is 0.216. The number of hydrogen-bond donors (Lipinski definition) is 1. The van der Waals surface area contributed by atoms with Crippen molar-refractivity contribution in [3.63, 3.8) is 0 Å². The monoisotopic (exact) mass is 576 g/mol. The van der Waals surface area contributed by atoms with Crippen molar-refractivity contribution in [1.29, 1.82) is 0 Å². The van der Waals surface area contributed by atoms with Crippen molar-refractivity contribution in [2.24, 2.45) is 0 Å². The van der Waals surface area contributed by atoms with Crippen LogP contribution in [-0.4, -0.2) is 46.2 Å². The number of imidazole rings is 1. The Hall–Kier alpha value is -4.37. The lowest BCUT2D eigenvalue weighted by atomic mass is 10.0. The number of anilines is 1. The molecule has 2 heterocycles. The Morgan fingerprint density at radius 1 is 0.927 bits per heavy atom. The molecule has 0 aliphatic rings. The fraction of sp³-hybridized carbons (Fsp3) is 0.290.